The van der Waals surface area contributed by atoms with Crippen LogP contribution in [-0.2, 0) is 0 Å². The molecule has 0 spiro atoms. The van der Waals surface area contributed by atoms with Crippen LogP contribution in [0, 0.1) is 20.8 Å². The maximum atomic E-state index is 12.4. The van der Waals surface area contributed by atoms with Crippen molar-refractivity contribution in [1.82, 2.24) is 4.98 Å². The SMILES string of the molecule is Cc1cc(C)cc(NC(=O)c2ccc3[nH]c(C)cc(=O)c3c2)c1. The first-order valence-electron chi connectivity index (χ1n) is 7.46. The van der Waals surface area contributed by atoms with Crippen LogP contribution in [0.5, 0.6) is 0 Å². The van der Waals surface area contributed by atoms with E-state index in [9.17, 15) is 9.59 Å². The molecule has 1 heterocycles. The Morgan fingerprint density at radius 3 is 2.35 bits per heavy atom. The van der Waals surface area contributed by atoms with E-state index in [1.807, 2.05) is 39.0 Å². The van der Waals surface area contributed by atoms with E-state index in [1.165, 1.54) is 6.07 Å². The molecule has 116 valence electrons. The summed E-state index contributed by atoms with van der Waals surface area (Å²) in [6.45, 7) is 5.81. The number of hydrogen-bond acceptors (Lipinski definition) is 2. The first-order valence-corrected chi connectivity index (χ1v) is 7.46. The molecule has 0 saturated carbocycles. The lowest BCUT2D eigenvalue weighted by Crippen LogP contribution is -2.13. The van der Waals surface area contributed by atoms with Crippen molar-refractivity contribution in [3.63, 3.8) is 0 Å². The standard InChI is InChI=1S/C19H18N2O2/c1-11-6-12(2)8-15(7-11)21-19(23)14-4-5-17-16(10-14)18(22)9-13(3)20-17/h4-10H,1-3H3,(H,20,22)(H,21,23). The first-order chi connectivity index (χ1) is 10.9. The Bertz CT molecular complexity index is 951. The number of carbonyl (C=O) groups excluding carboxylic acids is 1. The van der Waals surface area contributed by atoms with Crippen LogP contribution in [0.4, 0.5) is 5.69 Å². The van der Waals surface area contributed by atoms with Gasteiger partial charge in [0.05, 0.1) is 0 Å². The molecule has 0 saturated heterocycles. The molecule has 0 unspecified atom stereocenters. The van der Waals surface area contributed by atoms with Crippen molar-refractivity contribution in [2.45, 2.75) is 20.8 Å². The van der Waals surface area contributed by atoms with Gasteiger partial charge >= 0.3 is 0 Å². The topological polar surface area (TPSA) is 62.0 Å². The number of aryl methyl sites for hydroxylation is 3. The van der Waals surface area contributed by atoms with Crippen molar-refractivity contribution in [2.24, 2.45) is 0 Å². The Morgan fingerprint density at radius 2 is 1.65 bits per heavy atom. The molecule has 3 rings (SSSR count). The van der Waals surface area contributed by atoms with Gasteiger partial charge in [-0.2, -0.15) is 0 Å². The molecular formula is C19H18N2O2. The van der Waals surface area contributed by atoms with Gasteiger partial charge in [-0.3, -0.25) is 9.59 Å². The summed E-state index contributed by atoms with van der Waals surface area (Å²) in [5, 5.41) is 3.40. The number of aromatic amines is 1. The highest BCUT2D eigenvalue weighted by Crippen LogP contribution is 2.16. The van der Waals surface area contributed by atoms with Gasteiger partial charge in [-0.1, -0.05) is 6.07 Å². The average molecular weight is 306 g/mol. The largest absolute Gasteiger partial charge is 0.358 e. The van der Waals surface area contributed by atoms with Gasteiger partial charge in [-0.05, 0) is 62.2 Å². The van der Waals surface area contributed by atoms with Crippen LogP contribution in [0.2, 0.25) is 0 Å². The van der Waals surface area contributed by atoms with Crippen LogP contribution >= 0.6 is 0 Å². The highest BCUT2D eigenvalue weighted by Gasteiger charge is 2.09. The summed E-state index contributed by atoms with van der Waals surface area (Å²) in [6.07, 6.45) is 0. The predicted octanol–water partition coefficient (Wildman–Crippen LogP) is 3.71. The normalized spacial score (nSPS) is 10.7. The van der Waals surface area contributed by atoms with Crippen molar-refractivity contribution in [1.29, 1.82) is 0 Å². The number of rotatable bonds is 2. The van der Waals surface area contributed by atoms with Gasteiger partial charge in [0.1, 0.15) is 0 Å². The summed E-state index contributed by atoms with van der Waals surface area (Å²) in [6, 6.07) is 12.5. The minimum atomic E-state index is -0.225. The number of fused-ring (bicyclic) bond motifs is 1. The van der Waals surface area contributed by atoms with E-state index in [0.29, 0.717) is 10.9 Å². The number of anilines is 1. The van der Waals surface area contributed by atoms with E-state index >= 15 is 0 Å². The summed E-state index contributed by atoms with van der Waals surface area (Å²) >= 11 is 0. The van der Waals surface area contributed by atoms with Crippen molar-refractivity contribution in [3.05, 3.63) is 75.1 Å². The molecule has 0 fully saturated rings. The van der Waals surface area contributed by atoms with Crippen molar-refractivity contribution < 1.29 is 4.79 Å². The molecule has 1 aromatic heterocycles. The summed E-state index contributed by atoms with van der Waals surface area (Å²) < 4.78 is 0. The Morgan fingerprint density at radius 1 is 0.957 bits per heavy atom. The highest BCUT2D eigenvalue weighted by atomic mass is 16.1. The summed E-state index contributed by atoms with van der Waals surface area (Å²) in [5.74, 6) is -0.225. The third kappa shape index (κ3) is 3.16. The lowest BCUT2D eigenvalue weighted by atomic mass is 10.1. The Balaban J connectivity index is 1.96. The molecule has 0 bridgehead atoms. The fraction of sp³-hybridized carbons (Fsp3) is 0.158. The van der Waals surface area contributed by atoms with E-state index in [-0.39, 0.29) is 11.3 Å². The van der Waals surface area contributed by atoms with Gasteiger partial charge in [0.25, 0.3) is 5.91 Å². The van der Waals surface area contributed by atoms with Gasteiger partial charge in [-0.25, -0.2) is 0 Å². The number of aromatic nitrogens is 1. The molecular weight excluding hydrogens is 288 g/mol. The van der Waals surface area contributed by atoms with Crippen LogP contribution in [0.1, 0.15) is 27.2 Å². The van der Waals surface area contributed by atoms with Crippen LogP contribution < -0.4 is 10.7 Å². The lowest BCUT2D eigenvalue weighted by Gasteiger charge is -2.08. The van der Waals surface area contributed by atoms with Crippen LogP contribution in [0.3, 0.4) is 0 Å². The molecule has 3 aromatic rings. The molecule has 0 aliphatic heterocycles. The quantitative estimate of drug-likeness (QED) is 0.758. The van der Waals surface area contributed by atoms with Crippen molar-refractivity contribution in [3.8, 4) is 0 Å². The third-order valence-corrected chi connectivity index (χ3v) is 3.71. The second-order valence-electron chi connectivity index (χ2n) is 5.91. The number of H-pyrrole nitrogens is 1. The van der Waals surface area contributed by atoms with Crippen LogP contribution in [-0.4, -0.2) is 10.9 Å². The fourth-order valence-corrected chi connectivity index (χ4v) is 2.77. The number of hydrogen-bond donors (Lipinski definition) is 2. The fourth-order valence-electron chi connectivity index (χ4n) is 2.77. The zero-order chi connectivity index (χ0) is 16.6. The predicted molar refractivity (Wildman–Crippen MR) is 93.2 cm³/mol. The number of benzene rings is 2. The average Bonchev–Trinajstić information content (AvgIpc) is 2.45. The molecule has 23 heavy (non-hydrogen) atoms. The van der Waals surface area contributed by atoms with E-state index < -0.39 is 0 Å². The maximum absolute atomic E-state index is 12.4. The molecule has 0 atom stereocenters. The summed E-state index contributed by atoms with van der Waals surface area (Å²) in [5.41, 5.74) is 4.85. The Labute approximate surface area is 134 Å². The van der Waals surface area contributed by atoms with Gasteiger partial charge in [0.15, 0.2) is 5.43 Å². The van der Waals surface area contributed by atoms with Gasteiger partial charge < -0.3 is 10.3 Å². The molecule has 0 radical (unpaired) electrons. The van der Waals surface area contributed by atoms with Gasteiger partial charge in [-0.15, -0.1) is 0 Å². The first kappa shape index (κ1) is 15.0. The van der Waals surface area contributed by atoms with Crippen LogP contribution in [0.15, 0.2) is 47.3 Å². The monoisotopic (exact) mass is 306 g/mol. The molecule has 4 nitrogen and oxygen atoms in total. The van der Waals surface area contributed by atoms with Gasteiger partial charge in [0.2, 0.25) is 0 Å². The molecule has 0 aliphatic rings. The number of pyridine rings is 1. The summed E-state index contributed by atoms with van der Waals surface area (Å²) in [7, 11) is 0. The smallest absolute Gasteiger partial charge is 0.255 e. The number of nitrogens with one attached hydrogen (secondary N) is 2. The van der Waals surface area contributed by atoms with E-state index in [1.54, 1.807) is 18.2 Å². The Hall–Kier alpha value is -2.88. The zero-order valence-corrected chi connectivity index (χ0v) is 13.4. The highest BCUT2D eigenvalue weighted by molar-refractivity contribution is 6.06. The van der Waals surface area contributed by atoms with Crippen molar-refractivity contribution >= 4 is 22.5 Å². The molecule has 4 heteroatoms. The third-order valence-electron chi connectivity index (χ3n) is 3.71. The minimum absolute atomic E-state index is 0.0858. The second-order valence-corrected chi connectivity index (χ2v) is 5.91. The zero-order valence-electron chi connectivity index (χ0n) is 13.4. The minimum Gasteiger partial charge on any atom is -0.358 e. The maximum Gasteiger partial charge on any atom is 0.255 e. The number of amides is 1. The second kappa shape index (κ2) is 5.72. The summed E-state index contributed by atoms with van der Waals surface area (Å²) in [4.78, 5) is 27.6. The number of carbonyl (C=O) groups is 1. The molecule has 1 amide bonds. The molecule has 0 aliphatic carbocycles. The molecule has 2 aromatic carbocycles. The van der Waals surface area contributed by atoms with E-state index in [4.69, 9.17) is 0 Å². The van der Waals surface area contributed by atoms with E-state index in [2.05, 4.69) is 10.3 Å². The van der Waals surface area contributed by atoms with Gasteiger partial charge in [0, 0.05) is 33.9 Å². The molecule has 2 N–H and O–H groups in total. The Kier molecular flexibility index (Phi) is 3.74. The van der Waals surface area contributed by atoms with Crippen LogP contribution in [0.25, 0.3) is 10.9 Å². The van der Waals surface area contributed by atoms with E-state index in [0.717, 1.165) is 28.0 Å². The van der Waals surface area contributed by atoms with Crippen molar-refractivity contribution in [2.75, 3.05) is 5.32 Å². The lowest BCUT2D eigenvalue weighted by molar-refractivity contribution is 0.102.